The van der Waals surface area contributed by atoms with Crippen molar-refractivity contribution in [3.8, 4) is 0 Å². The Kier molecular flexibility index (Phi) is 3.55. The van der Waals surface area contributed by atoms with E-state index < -0.39 is 0 Å². The standard InChI is InChI=1S/C14H23N5/c1-2-3-11-13(16-8-17-14(11)19-15)18-12-7-9-4-5-10(12)6-9/h8-10,12H,2-7,15H2,1H3,(H2,16,17,18,19). The first kappa shape index (κ1) is 12.7. The zero-order valence-corrected chi connectivity index (χ0v) is 11.5. The molecule has 3 unspecified atom stereocenters. The minimum absolute atomic E-state index is 0.592. The minimum atomic E-state index is 0.592. The van der Waals surface area contributed by atoms with Crippen LogP contribution in [0.2, 0.25) is 0 Å². The lowest BCUT2D eigenvalue weighted by molar-refractivity contribution is 0.438. The molecule has 2 saturated carbocycles. The topological polar surface area (TPSA) is 75.9 Å². The number of aromatic nitrogens is 2. The first-order valence-corrected chi connectivity index (χ1v) is 7.38. The van der Waals surface area contributed by atoms with Gasteiger partial charge in [0.15, 0.2) is 0 Å². The van der Waals surface area contributed by atoms with Crippen LogP contribution >= 0.6 is 0 Å². The normalized spacial score (nSPS) is 28.6. The fourth-order valence-electron chi connectivity index (χ4n) is 3.75. The van der Waals surface area contributed by atoms with Crippen LogP contribution in [0.25, 0.3) is 0 Å². The lowest BCUT2D eigenvalue weighted by Gasteiger charge is -2.25. The Hall–Kier alpha value is -1.36. The molecule has 3 atom stereocenters. The van der Waals surface area contributed by atoms with Crippen LogP contribution in [0.15, 0.2) is 6.33 Å². The summed E-state index contributed by atoms with van der Waals surface area (Å²) in [6.45, 7) is 2.16. The molecule has 1 aromatic rings. The van der Waals surface area contributed by atoms with Gasteiger partial charge in [0.1, 0.15) is 18.0 Å². The van der Waals surface area contributed by atoms with E-state index in [0.29, 0.717) is 6.04 Å². The number of hydrazine groups is 1. The van der Waals surface area contributed by atoms with Crippen LogP contribution in [0.3, 0.4) is 0 Å². The van der Waals surface area contributed by atoms with Crippen molar-refractivity contribution in [3.05, 3.63) is 11.9 Å². The molecule has 2 fully saturated rings. The highest BCUT2D eigenvalue weighted by molar-refractivity contribution is 5.57. The van der Waals surface area contributed by atoms with Crippen molar-refractivity contribution in [1.29, 1.82) is 0 Å². The molecule has 2 aliphatic carbocycles. The molecule has 0 aromatic carbocycles. The van der Waals surface area contributed by atoms with E-state index in [-0.39, 0.29) is 0 Å². The molecule has 1 heterocycles. The molecule has 0 spiro atoms. The predicted molar refractivity (Wildman–Crippen MR) is 76.7 cm³/mol. The van der Waals surface area contributed by atoms with Crippen LogP contribution in [0.5, 0.6) is 0 Å². The van der Waals surface area contributed by atoms with Gasteiger partial charge in [0.2, 0.25) is 0 Å². The van der Waals surface area contributed by atoms with Gasteiger partial charge in [-0.3, -0.25) is 0 Å². The van der Waals surface area contributed by atoms with Gasteiger partial charge in [-0.25, -0.2) is 15.8 Å². The number of hydrogen-bond acceptors (Lipinski definition) is 5. The Bertz CT molecular complexity index is 447. The van der Waals surface area contributed by atoms with E-state index in [0.717, 1.165) is 41.9 Å². The minimum Gasteiger partial charge on any atom is -0.367 e. The summed E-state index contributed by atoms with van der Waals surface area (Å²) in [6.07, 6.45) is 9.09. The van der Waals surface area contributed by atoms with Crippen LogP contribution in [0.1, 0.15) is 44.6 Å². The number of fused-ring (bicyclic) bond motifs is 2. The van der Waals surface area contributed by atoms with Crippen LogP contribution in [-0.4, -0.2) is 16.0 Å². The Morgan fingerprint density at radius 1 is 1.26 bits per heavy atom. The second kappa shape index (κ2) is 5.33. The molecule has 5 nitrogen and oxygen atoms in total. The third-order valence-corrected chi connectivity index (χ3v) is 4.64. The lowest BCUT2D eigenvalue weighted by atomic mass is 9.95. The number of nitrogen functional groups attached to an aromatic ring is 1. The maximum atomic E-state index is 5.55. The predicted octanol–water partition coefficient (Wildman–Crippen LogP) is 2.32. The van der Waals surface area contributed by atoms with E-state index in [9.17, 15) is 0 Å². The Balaban J connectivity index is 1.79. The summed E-state index contributed by atoms with van der Waals surface area (Å²) in [6, 6.07) is 0.592. The lowest BCUT2D eigenvalue weighted by Crippen LogP contribution is -2.27. The van der Waals surface area contributed by atoms with Crippen molar-refractivity contribution in [2.24, 2.45) is 17.7 Å². The molecule has 104 valence electrons. The highest BCUT2D eigenvalue weighted by Gasteiger charge is 2.39. The second-order valence-corrected chi connectivity index (χ2v) is 5.87. The molecular formula is C14H23N5. The Labute approximate surface area is 114 Å². The zero-order chi connectivity index (χ0) is 13.2. The number of nitrogens with zero attached hydrogens (tertiary/aromatic N) is 2. The quantitative estimate of drug-likeness (QED) is 0.560. The van der Waals surface area contributed by atoms with Crippen molar-refractivity contribution in [2.75, 3.05) is 10.7 Å². The molecule has 1 aromatic heterocycles. The Morgan fingerprint density at radius 2 is 2.11 bits per heavy atom. The van der Waals surface area contributed by atoms with Crippen LogP contribution in [-0.2, 0) is 6.42 Å². The average molecular weight is 261 g/mol. The summed E-state index contributed by atoms with van der Waals surface area (Å²) in [7, 11) is 0. The van der Waals surface area contributed by atoms with E-state index in [1.807, 2.05) is 0 Å². The van der Waals surface area contributed by atoms with Crippen LogP contribution in [0, 0.1) is 11.8 Å². The SMILES string of the molecule is CCCc1c(NN)ncnc1NC1CC2CCC1C2. The first-order valence-electron chi connectivity index (χ1n) is 7.38. The fourth-order valence-corrected chi connectivity index (χ4v) is 3.75. The maximum Gasteiger partial charge on any atom is 0.148 e. The maximum absolute atomic E-state index is 5.55. The first-order chi connectivity index (χ1) is 9.31. The molecule has 2 bridgehead atoms. The third kappa shape index (κ3) is 2.39. The largest absolute Gasteiger partial charge is 0.367 e. The van der Waals surface area contributed by atoms with E-state index in [2.05, 4.69) is 27.6 Å². The van der Waals surface area contributed by atoms with Crippen LogP contribution in [0.4, 0.5) is 11.6 Å². The monoisotopic (exact) mass is 261 g/mol. The molecular weight excluding hydrogens is 238 g/mol. The smallest absolute Gasteiger partial charge is 0.148 e. The van der Waals surface area contributed by atoms with Crippen molar-refractivity contribution >= 4 is 11.6 Å². The van der Waals surface area contributed by atoms with Gasteiger partial charge < -0.3 is 10.7 Å². The number of rotatable bonds is 5. The highest BCUT2D eigenvalue weighted by atomic mass is 15.3. The molecule has 3 rings (SSSR count). The molecule has 5 heteroatoms. The summed E-state index contributed by atoms with van der Waals surface area (Å²) in [5, 5.41) is 3.65. The van der Waals surface area contributed by atoms with E-state index in [1.54, 1.807) is 6.33 Å². The Morgan fingerprint density at radius 3 is 2.74 bits per heavy atom. The summed E-state index contributed by atoms with van der Waals surface area (Å²) in [5.41, 5.74) is 3.81. The van der Waals surface area contributed by atoms with E-state index in [1.165, 1.54) is 25.7 Å². The van der Waals surface area contributed by atoms with Gasteiger partial charge in [0, 0.05) is 11.6 Å². The van der Waals surface area contributed by atoms with Crippen molar-refractivity contribution in [2.45, 2.75) is 51.5 Å². The van der Waals surface area contributed by atoms with E-state index in [4.69, 9.17) is 5.84 Å². The van der Waals surface area contributed by atoms with Gasteiger partial charge in [-0.2, -0.15) is 0 Å². The summed E-state index contributed by atoms with van der Waals surface area (Å²) >= 11 is 0. The number of nitrogens with two attached hydrogens (primary N) is 1. The second-order valence-electron chi connectivity index (χ2n) is 5.87. The number of anilines is 2. The summed E-state index contributed by atoms with van der Waals surface area (Å²) in [4.78, 5) is 8.65. The van der Waals surface area contributed by atoms with Crippen molar-refractivity contribution in [1.82, 2.24) is 9.97 Å². The summed E-state index contributed by atoms with van der Waals surface area (Å²) < 4.78 is 0. The van der Waals surface area contributed by atoms with Crippen LogP contribution < -0.4 is 16.6 Å². The number of nitrogens with one attached hydrogen (secondary N) is 2. The molecule has 2 aliphatic rings. The van der Waals surface area contributed by atoms with E-state index >= 15 is 0 Å². The van der Waals surface area contributed by atoms with Gasteiger partial charge in [0.05, 0.1) is 0 Å². The highest BCUT2D eigenvalue weighted by Crippen LogP contribution is 2.45. The third-order valence-electron chi connectivity index (χ3n) is 4.64. The fraction of sp³-hybridized carbons (Fsp3) is 0.714. The van der Waals surface area contributed by atoms with Gasteiger partial charge in [-0.15, -0.1) is 0 Å². The molecule has 0 amide bonds. The van der Waals surface area contributed by atoms with Gasteiger partial charge in [0.25, 0.3) is 0 Å². The average Bonchev–Trinajstić information content (AvgIpc) is 3.03. The zero-order valence-electron chi connectivity index (χ0n) is 11.5. The molecule has 19 heavy (non-hydrogen) atoms. The number of hydrogen-bond donors (Lipinski definition) is 3. The molecule has 0 radical (unpaired) electrons. The molecule has 0 saturated heterocycles. The summed E-state index contributed by atoms with van der Waals surface area (Å²) in [5.74, 6) is 9.05. The van der Waals surface area contributed by atoms with Gasteiger partial charge in [-0.05, 0) is 37.5 Å². The van der Waals surface area contributed by atoms with Gasteiger partial charge in [-0.1, -0.05) is 19.8 Å². The van der Waals surface area contributed by atoms with Gasteiger partial charge >= 0.3 is 0 Å². The van der Waals surface area contributed by atoms with Crippen molar-refractivity contribution < 1.29 is 0 Å². The van der Waals surface area contributed by atoms with Crippen molar-refractivity contribution in [3.63, 3.8) is 0 Å². The molecule has 0 aliphatic heterocycles. The molecule has 4 N–H and O–H groups in total.